The largest absolute Gasteiger partial charge is 0.459 e. The molecule has 4 rings (SSSR count). The maximum atomic E-state index is 14.0. The SMILES string of the molecule is O=C1N[C@H](c2ccc(-c3ccccc3[N+](=O)[O-])o2)[C@@H](C(=O)c2ccccc2)[C@](O)(C(F)(F)F)N1. The molecule has 0 saturated carbocycles. The first-order chi connectivity index (χ1) is 16.0. The van der Waals surface area contributed by atoms with Crippen molar-refractivity contribution in [1.82, 2.24) is 10.6 Å². The van der Waals surface area contributed by atoms with Crippen molar-refractivity contribution in [2.45, 2.75) is 17.9 Å². The maximum absolute atomic E-state index is 14.0. The van der Waals surface area contributed by atoms with Crippen LogP contribution in [0.3, 0.4) is 0 Å². The number of nitro benzene ring substituents is 1. The van der Waals surface area contributed by atoms with Crippen LogP contribution in [0, 0.1) is 16.0 Å². The lowest BCUT2D eigenvalue weighted by Gasteiger charge is -2.44. The van der Waals surface area contributed by atoms with Crippen LogP contribution in [0.4, 0.5) is 23.7 Å². The molecule has 3 aromatic rings. The van der Waals surface area contributed by atoms with Gasteiger partial charge in [0.05, 0.1) is 10.5 Å². The molecule has 0 aliphatic carbocycles. The Morgan fingerprint density at radius 1 is 1.06 bits per heavy atom. The summed E-state index contributed by atoms with van der Waals surface area (Å²) in [5.74, 6) is -3.77. The van der Waals surface area contributed by atoms with Gasteiger partial charge in [-0.05, 0) is 18.2 Å². The van der Waals surface area contributed by atoms with Crippen LogP contribution in [0.25, 0.3) is 11.3 Å². The van der Waals surface area contributed by atoms with Gasteiger partial charge in [-0.15, -0.1) is 0 Å². The fourth-order valence-electron chi connectivity index (χ4n) is 3.86. The molecule has 2 aromatic carbocycles. The average Bonchev–Trinajstić information content (AvgIpc) is 3.28. The van der Waals surface area contributed by atoms with Gasteiger partial charge in [0.2, 0.25) is 5.72 Å². The summed E-state index contributed by atoms with van der Waals surface area (Å²) in [6.07, 6.45) is -5.42. The lowest BCUT2D eigenvalue weighted by molar-refractivity contribution is -0.384. The molecule has 1 saturated heterocycles. The van der Waals surface area contributed by atoms with Crippen molar-refractivity contribution in [2.24, 2.45) is 5.92 Å². The Morgan fingerprint density at radius 3 is 2.35 bits per heavy atom. The highest BCUT2D eigenvalue weighted by molar-refractivity contribution is 6.00. The van der Waals surface area contributed by atoms with Crippen molar-refractivity contribution < 1.29 is 37.2 Å². The van der Waals surface area contributed by atoms with Gasteiger partial charge < -0.3 is 20.2 Å². The van der Waals surface area contributed by atoms with Crippen LogP contribution < -0.4 is 10.6 Å². The Labute approximate surface area is 189 Å². The van der Waals surface area contributed by atoms with Gasteiger partial charge >= 0.3 is 12.2 Å². The number of benzene rings is 2. The van der Waals surface area contributed by atoms with Crippen LogP contribution >= 0.6 is 0 Å². The number of aliphatic hydroxyl groups is 1. The molecular weight excluding hydrogens is 459 g/mol. The zero-order valence-corrected chi connectivity index (χ0v) is 17.1. The van der Waals surface area contributed by atoms with Crippen LogP contribution in [0.1, 0.15) is 22.2 Å². The lowest BCUT2D eigenvalue weighted by atomic mass is 9.79. The number of furan rings is 1. The van der Waals surface area contributed by atoms with Gasteiger partial charge in [-0.25, -0.2) is 4.79 Å². The fraction of sp³-hybridized carbons (Fsp3) is 0.182. The molecule has 0 bridgehead atoms. The molecule has 9 nitrogen and oxygen atoms in total. The number of nitrogens with zero attached hydrogens (tertiary/aromatic N) is 1. The Morgan fingerprint density at radius 2 is 1.71 bits per heavy atom. The van der Waals surface area contributed by atoms with Gasteiger partial charge in [-0.2, -0.15) is 13.2 Å². The number of alkyl halides is 3. The van der Waals surface area contributed by atoms with Gasteiger partial charge in [0.1, 0.15) is 23.5 Å². The van der Waals surface area contributed by atoms with E-state index < -0.39 is 40.6 Å². The number of nitrogens with one attached hydrogen (secondary N) is 2. The Balaban J connectivity index is 1.83. The molecule has 1 fully saturated rings. The second-order valence-electron chi connectivity index (χ2n) is 7.52. The van der Waals surface area contributed by atoms with Gasteiger partial charge in [0.15, 0.2) is 5.78 Å². The predicted octanol–water partition coefficient (Wildman–Crippen LogP) is 3.96. The molecule has 12 heteroatoms. The highest BCUT2D eigenvalue weighted by Gasteiger charge is 2.66. The molecule has 2 amide bonds. The molecule has 2 heterocycles. The summed E-state index contributed by atoms with van der Waals surface area (Å²) >= 11 is 0. The summed E-state index contributed by atoms with van der Waals surface area (Å²) in [6, 6.07) is 11.8. The molecule has 0 spiro atoms. The number of para-hydroxylation sites is 1. The second kappa shape index (κ2) is 8.30. The van der Waals surface area contributed by atoms with E-state index in [9.17, 15) is 38.0 Å². The molecule has 1 aromatic heterocycles. The number of urea groups is 1. The van der Waals surface area contributed by atoms with E-state index in [0.29, 0.717) is 0 Å². The minimum absolute atomic E-state index is 0.0380. The number of nitro groups is 1. The number of halogens is 3. The van der Waals surface area contributed by atoms with Gasteiger partial charge in [-0.1, -0.05) is 42.5 Å². The third kappa shape index (κ3) is 3.88. The highest BCUT2D eigenvalue weighted by atomic mass is 19.4. The Kier molecular flexibility index (Phi) is 5.61. The minimum atomic E-state index is -5.42. The van der Waals surface area contributed by atoms with Crippen LogP contribution in [0.5, 0.6) is 0 Å². The number of rotatable bonds is 5. The summed E-state index contributed by atoms with van der Waals surface area (Å²) in [5, 5.41) is 25.6. The third-order valence-corrected chi connectivity index (χ3v) is 5.45. The first-order valence-corrected chi connectivity index (χ1v) is 9.83. The van der Waals surface area contributed by atoms with E-state index in [1.807, 2.05) is 0 Å². The zero-order valence-electron chi connectivity index (χ0n) is 17.1. The van der Waals surface area contributed by atoms with E-state index in [1.165, 1.54) is 66.0 Å². The molecule has 1 aliphatic rings. The molecule has 0 radical (unpaired) electrons. The van der Waals surface area contributed by atoms with Gasteiger partial charge in [-0.3, -0.25) is 14.9 Å². The van der Waals surface area contributed by atoms with E-state index in [0.717, 1.165) is 0 Å². The van der Waals surface area contributed by atoms with Crippen molar-refractivity contribution in [2.75, 3.05) is 0 Å². The van der Waals surface area contributed by atoms with Crippen LogP contribution in [0.15, 0.2) is 71.1 Å². The van der Waals surface area contributed by atoms with E-state index >= 15 is 0 Å². The smallest absolute Gasteiger partial charge is 0.437 e. The standard InChI is InChI=1S/C22H16F3N3O6/c23-22(24,25)21(31)17(19(29)12-6-2-1-3-7-12)18(26-20(30)27-21)16-11-10-15(34-16)13-8-4-5-9-14(13)28(32)33/h1-11,17-18,31H,(H2,26,27,30)/t17-,18+,21-/m0/s1. The first-order valence-electron chi connectivity index (χ1n) is 9.83. The number of Topliss-reactive ketones (excluding diaryl/α,β-unsaturated/α-hetero) is 1. The third-order valence-electron chi connectivity index (χ3n) is 5.45. The van der Waals surface area contributed by atoms with Crippen LogP contribution in [0.2, 0.25) is 0 Å². The molecule has 34 heavy (non-hydrogen) atoms. The first kappa shape index (κ1) is 23.0. The number of ketones is 1. The van der Waals surface area contributed by atoms with Gasteiger partial charge in [0, 0.05) is 11.6 Å². The van der Waals surface area contributed by atoms with Crippen molar-refractivity contribution >= 4 is 17.5 Å². The summed E-state index contributed by atoms with van der Waals surface area (Å²) in [7, 11) is 0. The normalized spacial score (nSPS) is 22.5. The molecule has 1 aliphatic heterocycles. The second-order valence-corrected chi connectivity index (χ2v) is 7.52. The summed E-state index contributed by atoms with van der Waals surface area (Å²) in [4.78, 5) is 36.0. The molecule has 3 N–H and O–H groups in total. The zero-order chi connectivity index (χ0) is 24.7. The summed E-state index contributed by atoms with van der Waals surface area (Å²) in [6.45, 7) is 0. The van der Waals surface area contributed by atoms with Crippen molar-refractivity contribution in [3.8, 4) is 11.3 Å². The number of carbonyl (C=O) groups is 2. The van der Waals surface area contributed by atoms with Crippen molar-refractivity contribution in [3.63, 3.8) is 0 Å². The number of hydrogen-bond donors (Lipinski definition) is 3. The molecular formula is C22H16F3N3O6. The maximum Gasteiger partial charge on any atom is 0.437 e. The molecule has 0 unspecified atom stereocenters. The predicted molar refractivity (Wildman–Crippen MR) is 110 cm³/mol. The van der Waals surface area contributed by atoms with Crippen LogP contribution in [-0.2, 0) is 0 Å². The molecule has 176 valence electrons. The fourth-order valence-corrected chi connectivity index (χ4v) is 3.86. The molecule has 3 atom stereocenters. The van der Waals surface area contributed by atoms with E-state index in [2.05, 4.69) is 5.32 Å². The monoisotopic (exact) mass is 475 g/mol. The van der Waals surface area contributed by atoms with Gasteiger partial charge in [0.25, 0.3) is 5.69 Å². The number of hydrogen-bond acceptors (Lipinski definition) is 6. The Hall–Kier alpha value is -4.19. The van der Waals surface area contributed by atoms with E-state index in [1.54, 1.807) is 6.07 Å². The van der Waals surface area contributed by atoms with Crippen molar-refractivity contribution in [1.29, 1.82) is 0 Å². The number of carbonyl (C=O) groups excluding carboxylic acids is 2. The minimum Gasteiger partial charge on any atom is -0.459 e. The topological polar surface area (TPSA) is 135 Å². The van der Waals surface area contributed by atoms with E-state index in [-0.39, 0.29) is 28.3 Å². The van der Waals surface area contributed by atoms with E-state index in [4.69, 9.17) is 4.42 Å². The Bertz CT molecular complexity index is 1260. The summed E-state index contributed by atoms with van der Waals surface area (Å²) in [5.41, 5.74) is -4.33. The highest BCUT2D eigenvalue weighted by Crippen LogP contribution is 2.45. The average molecular weight is 475 g/mol. The van der Waals surface area contributed by atoms with Crippen LogP contribution in [-0.4, -0.2) is 33.7 Å². The van der Waals surface area contributed by atoms with Crippen molar-refractivity contribution in [3.05, 3.63) is 88.2 Å². The quantitative estimate of drug-likeness (QED) is 0.291. The number of amides is 2. The summed E-state index contributed by atoms with van der Waals surface area (Å²) < 4.78 is 47.5. The lowest BCUT2D eigenvalue weighted by Crippen LogP contribution is -2.72.